The van der Waals surface area contributed by atoms with Gasteiger partial charge in [-0.25, -0.2) is 0 Å². The van der Waals surface area contributed by atoms with Gasteiger partial charge in [-0.05, 0) is 0 Å². The Morgan fingerprint density at radius 2 is 2.50 bits per heavy atom. The molecule has 0 fully saturated rings. The fourth-order valence-electron chi connectivity index (χ4n) is 0.201. The monoisotopic (exact) mass is 200 g/mol. The molecule has 0 aliphatic rings. The van der Waals surface area contributed by atoms with Gasteiger partial charge >= 0.3 is 49.4 Å². The van der Waals surface area contributed by atoms with Gasteiger partial charge in [0, 0.05) is 0 Å². The average molecular weight is 198 g/mol. The van der Waals surface area contributed by atoms with Crippen molar-refractivity contribution >= 4 is 20.9 Å². The molecule has 0 saturated carbocycles. The Hall–Kier alpha value is 0.530. The van der Waals surface area contributed by atoms with E-state index in [2.05, 4.69) is 13.5 Å². The summed E-state index contributed by atoms with van der Waals surface area (Å²) < 4.78 is 2.72. The first-order valence-corrected chi connectivity index (χ1v) is 5.40. The molecule has 0 aromatic carbocycles. The third kappa shape index (κ3) is 4.53. The van der Waals surface area contributed by atoms with Gasteiger partial charge in [-0.3, -0.25) is 0 Å². The van der Waals surface area contributed by atoms with Gasteiger partial charge in [0.25, 0.3) is 0 Å². The predicted molar refractivity (Wildman–Crippen MR) is 31.2 cm³/mol. The van der Waals surface area contributed by atoms with Gasteiger partial charge in [0.15, 0.2) is 0 Å². The quantitative estimate of drug-likeness (QED) is 0.367. The second-order valence-corrected chi connectivity index (χ2v) is 4.71. The van der Waals surface area contributed by atoms with Crippen molar-refractivity contribution in [3.05, 3.63) is 12.7 Å². The van der Waals surface area contributed by atoms with Crippen LogP contribution < -0.4 is 0 Å². The van der Waals surface area contributed by atoms with Crippen LogP contribution in [0.1, 0.15) is 6.92 Å². The van der Waals surface area contributed by atoms with Crippen molar-refractivity contribution in [1.29, 1.82) is 0 Å². The summed E-state index contributed by atoms with van der Waals surface area (Å²) in [7, 11) is 0. The molecule has 0 unspecified atom stereocenters. The maximum absolute atomic E-state index is 3.63. The van der Waals surface area contributed by atoms with Crippen LogP contribution in [0.5, 0.6) is 0 Å². The van der Waals surface area contributed by atoms with Gasteiger partial charge in [0.05, 0.1) is 0 Å². The van der Waals surface area contributed by atoms with E-state index in [1.165, 1.54) is 8.94 Å². The van der Waals surface area contributed by atoms with Crippen molar-refractivity contribution in [3.8, 4) is 0 Å². The van der Waals surface area contributed by atoms with E-state index >= 15 is 0 Å². The van der Waals surface area contributed by atoms with Gasteiger partial charge in [-0.1, -0.05) is 0 Å². The van der Waals surface area contributed by atoms with Crippen LogP contribution in [0.3, 0.4) is 0 Å². The van der Waals surface area contributed by atoms with Gasteiger partial charge in [-0.2, -0.15) is 0 Å². The van der Waals surface area contributed by atoms with E-state index in [0.29, 0.717) is 20.9 Å². The first-order valence-electron chi connectivity index (χ1n) is 2.10. The van der Waals surface area contributed by atoms with Crippen LogP contribution in [0.25, 0.3) is 0 Å². The Kier molecular flexibility index (Phi) is 6.02. The summed E-state index contributed by atoms with van der Waals surface area (Å²) in [4.78, 5) is 0. The minimum atomic E-state index is 0.367. The molecule has 0 aliphatic carbocycles. The molecular formula is C5H10Te. The summed E-state index contributed by atoms with van der Waals surface area (Å²) in [6.45, 7) is 5.87. The Morgan fingerprint density at radius 1 is 1.83 bits per heavy atom. The van der Waals surface area contributed by atoms with Gasteiger partial charge in [-0.15, -0.1) is 0 Å². The fraction of sp³-hybridized carbons (Fsp3) is 0.600. The molecule has 0 nitrogen and oxygen atoms in total. The molecule has 0 atom stereocenters. The molecule has 36 valence electrons. The zero-order valence-electron chi connectivity index (χ0n) is 4.11. The van der Waals surface area contributed by atoms with Crippen molar-refractivity contribution in [2.45, 2.75) is 15.9 Å². The van der Waals surface area contributed by atoms with E-state index in [9.17, 15) is 0 Å². The Balaban J connectivity index is 2.49. The molecule has 0 heterocycles. The van der Waals surface area contributed by atoms with Crippen LogP contribution in [0.4, 0.5) is 0 Å². The second kappa shape index (κ2) is 5.53. The van der Waals surface area contributed by atoms with Crippen molar-refractivity contribution in [2.75, 3.05) is 0 Å². The van der Waals surface area contributed by atoms with Crippen molar-refractivity contribution in [1.82, 2.24) is 0 Å². The zero-order chi connectivity index (χ0) is 4.83. The van der Waals surface area contributed by atoms with Crippen LogP contribution in [0.2, 0.25) is 8.94 Å². The molecule has 0 spiro atoms. The summed E-state index contributed by atoms with van der Waals surface area (Å²) >= 11 is 0.367. The molecule has 0 bridgehead atoms. The summed E-state index contributed by atoms with van der Waals surface area (Å²) in [6, 6.07) is 0. The normalized spacial score (nSPS) is 8.17. The van der Waals surface area contributed by atoms with Crippen LogP contribution in [-0.2, 0) is 0 Å². The third-order valence-corrected chi connectivity index (χ3v) is 2.95. The van der Waals surface area contributed by atoms with Crippen LogP contribution >= 0.6 is 0 Å². The molecule has 0 aromatic heterocycles. The summed E-state index contributed by atoms with van der Waals surface area (Å²) in [5.41, 5.74) is 0. The molecule has 0 aromatic rings. The molecular weight excluding hydrogens is 188 g/mol. The molecule has 0 radical (unpaired) electrons. The number of allylic oxidation sites excluding steroid dienone is 1. The zero-order valence-corrected chi connectivity index (χ0v) is 6.44. The predicted octanol–water partition coefficient (Wildman–Crippen LogP) is 1.73. The van der Waals surface area contributed by atoms with Crippen LogP contribution in [0.15, 0.2) is 12.7 Å². The van der Waals surface area contributed by atoms with E-state index in [0.717, 1.165) is 0 Å². The first-order chi connectivity index (χ1) is 2.91. The second-order valence-electron chi connectivity index (χ2n) is 0.948. The molecule has 1 heteroatoms. The van der Waals surface area contributed by atoms with Crippen molar-refractivity contribution in [3.63, 3.8) is 0 Å². The summed E-state index contributed by atoms with van der Waals surface area (Å²) in [6.07, 6.45) is 2.02. The Bertz CT molecular complexity index is 32.9. The topological polar surface area (TPSA) is 0 Å². The maximum atomic E-state index is 3.63. The average Bonchev–Trinajstić information content (AvgIpc) is 1.61. The third-order valence-electron chi connectivity index (χ3n) is 0.440. The van der Waals surface area contributed by atoms with E-state index in [-0.39, 0.29) is 0 Å². The molecule has 0 rings (SSSR count). The van der Waals surface area contributed by atoms with E-state index in [4.69, 9.17) is 0 Å². The SMILES string of the molecule is C=CC[Te]CC. The standard InChI is InChI=1S/C5H10Te/c1-3-5-6-4-2/h3H,1,4-5H2,2H3. The first kappa shape index (κ1) is 6.53. The van der Waals surface area contributed by atoms with Gasteiger partial charge < -0.3 is 0 Å². The van der Waals surface area contributed by atoms with Gasteiger partial charge in [0.1, 0.15) is 0 Å². The molecule has 0 aliphatic heterocycles. The Morgan fingerprint density at radius 3 is 2.67 bits per heavy atom. The van der Waals surface area contributed by atoms with Crippen molar-refractivity contribution < 1.29 is 0 Å². The van der Waals surface area contributed by atoms with Gasteiger partial charge in [0.2, 0.25) is 0 Å². The van der Waals surface area contributed by atoms with Crippen LogP contribution in [-0.4, -0.2) is 20.9 Å². The van der Waals surface area contributed by atoms with Crippen molar-refractivity contribution in [2.24, 2.45) is 0 Å². The van der Waals surface area contributed by atoms with E-state index < -0.39 is 0 Å². The number of rotatable bonds is 3. The molecule has 0 N–H and O–H groups in total. The minimum absolute atomic E-state index is 0.367. The van der Waals surface area contributed by atoms with E-state index in [1.807, 2.05) is 6.08 Å². The molecule has 0 amide bonds. The summed E-state index contributed by atoms with van der Waals surface area (Å²) in [5, 5.41) is 0. The fourth-order valence-corrected chi connectivity index (χ4v) is 1.35. The number of hydrogen-bond donors (Lipinski definition) is 0. The summed E-state index contributed by atoms with van der Waals surface area (Å²) in [5.74, 6) is 0. The number of hydrogen-bond acceptors (Lipinski definition) is 0. The molecule has 0 saturated heterocycles. The Labute approximate surface area is 49.7 Å². The van der Waals surface area contributed by atoms with Crippen LogP contribution in [0, 0.1) is 0 Å². The molecule has 6 heavy (non-hydrogen) atoms. The van der Waals surface area contributed by atoms with E-state index in [1.54, 1.807) is 0 Å².